The molecule has 2 N–H and O–H groups in total. The fourth-order valence-corrected chi connectivity index (χ4v) is 2.65. The van der Waals surface area contributed by atoms with Crippen molar-refractivity contribution in [2.24, 2.45) is 11.3 Å². The number of hydrogen-bond acceptors (Lipinski definition) is 2. The fourth-order valence-electron chi connectivity index (χ4n) is 2.65. The second-order valence-electron chi connectivity index (χ2n) is 6.15. The van der Waals surface area contributed by atoms with E-state index in [4.69, 9.17) is 0 Å². The van der Waals surface area contributed by atoms with E-state index in [0.717, 1.165) is 19.3 Å². The molecule has 0 aromatic rings. The van der Waals surface area contributed by atoms with Gasteiger partial charge in [0.2, 0.25) is 11.8 Å². The first-order chi connectivity index (χ1) is 9.21. The molecule has 4 nitrogen and oxygen atoms in total. The molecule has 0 radical (unpaired) electrons. The normalized spacial score (nSPS) is 16.1. The number of rotatable bonds is 8. The van der Waals surface area contributed by atoms with Crippen LogP contribution in [0.25, 0.3) is 0 Å². The lowest BCUT2D eigenvalue weighted by Gasteiger charge is -2.43. The zero-order valence-corrected chi connectivity index (χ0v) is 14.2. The topological polar surface area (TPSA) is 58.2 Å². The van der Waals surface area contributed by atoms with Crippen LogP contribution < -0.4 is 10.6 Å². The summed E-state index contributed by atoms with van der Waals surface area (Å²) in [6.45, 7) is 13.8. The number of nitrogens with one attached hydrogen (secondary N) is 2. The second-order valence-corrected chi connectivity index (χ2v) is 6.15. The van der Waals surface area contributed by atoms with Crippen molar-refractivity contribution in [3.05, 3.63) is 0 Å². The first-order valence-corrected chi connectivity index (χ1v) is 7.75. The van der Waals surface area contributed by atoms with E-state index in [1.165, 1.54) is 6.92 Å². The van der Waals surface area contributed by atoms with Gasteiger partial charge in [-0.05, 0) is 24.2 Å². The minimum absolute atomic E-state index is 0.0256. The van der Waals surface area contributed by atoms with E-state index in [1.54, 1.807) is 6.92 Å². The summed E-state index contributed by atoms with van der Waals surface area (Å²) in [4.78, 5) is 23.2. The fraction of sp³-hybridized carbons (Fsp3) is 0.875. The lowest BCUT2D eigenvalue weighted by molar-refractivity contribution is -0.124. The predicted octanol–water partition coefficient (Wildman–Crippen LogP) is 2.87. The van der Waals surface area contributed by atoms with E-state index >= 15 is 0 Å². The number of carbonyl (C=O) groups excluding carboxylic acids is 2. The van der Waals surface area contributed by atoms with Gasteiger partial charge >= 0.3 is 0 Å². The van der Waals surface area contributed by atoms with E-state index in [-0.39, 0.29) is 29.3 Å². The first-order valence-electron chi connectivity index (χ1n) is 7.75. The van der Waals surface area contributed by atoms with Crippen LogP contribution in [0.5, 0.6) is 0 Å². The van der Waals surface area contributed by atoms with Gasteiger partial charge in [0.05, 0.1) is 12.1 Å². The van der Waals surface area contributed by atoms with E-state index in [9.17, 15) is 9.59 Å². The SMILES string of the molecule is CCC(C)C(NC(C)=O)C(NC(C)=O)C(C)(CC)CC. The molecule has 0 bridgehead atoms. The summed E-state index contributed by atoms with van der Waals surface area (Å²) >= 11 is 0. The average molecular weight is 284 g/mol. The summed E-state index contributed by atoms with van der Waals surface area (Å²) in [5.74, 6) is 0.232. The molecule has 20 heavy (non-hydrogen) atoms. The van der Waals surface area contributed by atoms with E-state index < -0.39 is 0 Å². The summed E-state index contributed by atoms with van der Waals surface area (Å²) in [5, 5.41) is 6.15. The maximum atomic E-state index is 11.6. The number of hydrogen-bond donors (Lipinski definition) is 2. The van der Waals surface area contributed by atoms with Crippen molar-refractivity contribution in [3.63, 3.8) is 0 Å². The average Bonchev–Trinajstić information content (AvgIpc) is 2.40. The van der Waals surface area contributed by atoms with Crippen molar-refractivity contribution >= 4 is 11.8 Å². The molecule has 0 aliphatic heterocycles. The van der Waals surface area contributed by atoms with E-state index in [2.05, 4.69) is 45.3 Å². The third-order valence-electron chi connectivity index (χ3n) is 4.71. The standard InChI is InChI=1S/C16H32N2O2/c1-8-11(4)14(17-12(5)19)15(18-13(6)20)16(7,9-2)10-3/h11,14-15H,8-10H2,1-7H3,(H,17,19)(H,18,20). The minimum Gasteiger partial charge on any atom is -0.351 e. The lowest BCUT2D eigenvalue weighted by atomic mass is 9.71. The van der Waals surface area contributed by atoms with Crippen molar-refractivity contribution in [2.75, 3.05) is 0 Å². The van der Waals surface area contributed by atoms with Gasteiger partial charge in [0, 0.05) is 13.8 Å². The maximum Gasteiger partial charge on any atom is 0.217 e. The Bertz CT molecular complexity index is 324. The highest BCUT2D eigenvalue weighted by Crippen LogP contribution is 2.34. The summed E-state index contributed by atoms with van der Waals surface area (Å²) in [5.41, 5.74) is -0.0256. The van der Waals surface area contributed by atoms with Crippen LogP contribution in [0.2, 0.25) is 0 Å². The Hall–Kier alpha value is -1.06. The molecule has 0 spiro atoms. The van der Waals surface area contributed by atoms with Crippen molar-refractivity contribution in [1.29, 1.82) is 0 Å². The Morgan fingerprint density at radius 2 is 1.45 bits per heavy atom. The molecule has 0 aliphatic carbocycles. The molecule has 0 heterocycles. The quantitative estimate of drug-likeness (QED) is 0.720. The van der Waals surface area contributed by atoms with Crippen LogP contribution >= 0.6 is 0 Å². The van der Waals surface area contributed by atoms with Crippen molar-refractivity contribution in [3.8, 4) is 0 Å². The molecule has 0 saturated heterocycles. The van der Waals surface area contributed by atoms with Crippen LogP contribution in [-0.2, 0) is 9.59 Å². The highest BCUT2D eigenvalue weighted by molar-refractivity contribution is 5.75. The summed E-state index contributed by atoms with van der Waals surface area (Å²) in [6, 6.07) is -0.0832. The third kappa shape index (κ3) is 5.14. The molecule has 0 fully saturated rings. The van der Waals surface area contributed by atoms with Gasteiger partial charge in [-0.1, -0.05) is 41.0 Å². The van der Waals surface area contributed by atoms with Gasteiger partial charge in [0.25, 0.3) is 0 Å². The first kappa shape index (κ1) is 18.9. The Kier molecular flexibility index (Phi) is 7.84. The Balaban J connectivity index is 5.50. The van der Waals surface area contributed by atoms with Crippen molar-refractivity contribution in [2.45, 2.75) is 79.8 Å². The third-order valence-corrected chi connectivity index (χ3v) is 4.71. The highest BCUT2D eigenvalue weighted by Gasteiger charge is 2.39. The lowest BCUT2D eigenvalue weighted by Crippen LogP contribution is -2.60. The van der Waals surface area contributed by atoms with E-state index in [0.29, 0.717) is 5.92 Å². The Labute approximate surface area is 124 Å². The van der Waals surface area contributed by atoms with Gasteiger partial charge < -0.3 is 10.6 Å². The van der Waals surface area contributed by atoms with Crippen LogP contribution in [0.15, 0.2) is 0 Å². The minimum atomic E-state index is -0.0474. The molecule has 0 aliphatic rings. The van der Waals surface area contributed by atoms with Gasteiger partial charge in [-0.2, -0.15) is 0 Å². The molecule has 118 valence electrons. The van der Waals surface area contributed by atoms with Gasteiger partial charge in [0.15, 0.2) is 0 Å². The molecule has 0 saturated carbocycles. The molecule has 3 unspecified atom stereocenters. The Morgan fingerprint density at radius 1 is 1.00 bits per heavy atom. The zero-order chi connectivity index (χ0) is 15.9. The summed E-state index contributed by atoms with van der Waals surface area (Å²) in [7, 11) is 0. The number of carbonyl (C=O) groups is 2. The zero-order valence-electron chi connectivity index (χ0n) is 14.2. The summed E-state index contributed by atoms with van der Waals surface area (Å²) < 4.78 is 0. The smallest absolute Gasteiger partial charge is 0.217 e. The monoisotopic (exact) mass is 284 g/mol. The summed E-state index contributed by atoms with van der Waals surface area (Å²) in [6.07, 6.45) is 2.88. The number of amides is 2. The highest BCUT2D eigenvalue weighted by atomic mass is 16.2. The molecule has 3 atom stereocenters. The van der Waals surface area contributed by atoms with Gasteiger partial charge in [-0.25, -0.2) is 0 Å². The van der Waals surface area contributed by atoms with Crippen LogP contribution in [0.4, 0.5) is 0 Å². The molecule has 2 amide bonds. The predicted molar refractivity (Wildman–Crippen MR) is 83.4 cm³/mol. The van der Waals surface area contributed by atoms with Crippen LogP contribution in [0, 0.1) is 11.3 Å². The molecular formula is C16H32N2O2. The van der Waals surface area contributed by atoms with Crippen LogP contribution in [0.3, 0.4) is 0 Å². The van der Waals surface area contributed by atoms with E-state index in [1.807, 2.05) is 0 Å². The van der Waals surface area contributed by atoms with Crippen LogP contribution in [-0.4, -0.2) is 23.9 Å². The maximum absolute atomic E-state index is 11.6. The van der Waals surface area contributed by atoms with Gasteiger partial charge in [-0.3, -0.25) is 9.59 Å². The largest absolute Gasteiger partial charge is 0.351 e. The molecule has 0 aromatic carbocycles. The van der Waals surface area contributed by atoms with Crippen LogP contribution in [0.1, 0.15) is 67.7 Å². The Morgan fingerprint density at radius 3 is 1.75 bits per heavy atom. The van der Waals surface area contributed by atoms with Crippen molar-refractivity contribution in [1.82, 2.24) is 10.6 Å². The second kappa shape index (κ2) is 8.28. The van der Waals surface area contributed by atoms with Gasteiger partial charge in [0.1, 0.15) is 0 Å². The molecular weight excluding hydrogens is 252 g/mol. The van der Waals surface area contributed by atoms with Gasteiger partial charge in [-0.15, -0.1) is 0 Å². The molecule has 0 aromatic heterocycles. The molecule has 4 heteroatoms. The molecule has 0 rings (SSSR count). The van der Waals surface area contributed by atoms with Crippen molar-refractivity contribution < 1.29 is 9.59 Å².